The molecule has 6 N–H and O–H groups in total. The van der Waals surface area contributed by atoms with Gasteiger partial charge in [-0.2, -0.15) is 0 Å². The van der Waals surface area contributed by atoms with Gasteiger partial charge in [-0.05, 0) is 132 Å². The predicted molar refractivity (Wildman–Crippen MR) is 437 cm³/mol. The number of aliphatic carboxylic acids is 1. The van der Waals surface area contributed by atoms with E-state index in [0.717, 1.165) is 24.5 Å². The first-order valence-electron chi connectivity index (χ1n) is 38.9. The third-order valence-electron chi connectivity index (χ3n) is 20.7. The molecule has 5 aromatic carbocycles. The Morgan fingerprint density at radius 2 is 0.616 bits per heavy atom. The molecule has 38 nitrogen and oxygen atoms in total. The highest BCUT2D eigenvalue weighted by Crippen LogP contribution is 2.40. The number of hydrogen-bond acceptors (Lipinski definition) is 26. The van der Waals surface area contributed by atoms with E-state index in [9.17, 15) is 86.3 Å². The fourth-order valence-electron chi connectivity index (χ4n) is 14.6. The van der Waals surface area contributed by atoms with Gasteiger partial charge in [0.2, 0.25) is 29.5 Å². The van der Waals surface area contributed by atoms with Crippen LogP contribution in [0.15, 0.2) is 152 Å². The van der Waals surface area contributed by atoms with Crippen LogP contribution in [-0.4, -0.2) is 252 Å². The second kappa shape index (κ2) is 40.2. The number of hydrogen-bond donors (Lipinski definition) is 6. The van der Waals surface area contributed by atoms with E-state index < -0.39 is 132 Å². The van der Waals surface area contributed by atoms with Crippen molar-refractivity contribution in [1.82, 2.24) is 56.0 Å². The lowest BCUT2D eigenvalue weighted by Gasteiger charge is -2.29. The zero-order valence-corrected chi connectivity index (χ0v) is 68.1. The van der Waals surface area contributed by atoms with Crippen molar-refractivity contribution >= 4 is 106 Å². The van der Waals surface area contributed by atoms with Gasteiger partial charge in [-0.3, -0.25) is 101 Å². The van der Waals surface area contributed by atoms with Crippen LogP contribution in [-0.2, 0) is 52.6 Å². The van der Waals surface area contributed by atoms with Crippen molar-refractivity contribution in [2.75, 3.05) is 81.2 Å². The average Bonchev–Trinajstić information content (AvgIpc) is 1.64. The standard InChI is InChI=1S/C18H19N3O5.C18H20N2O5.C17H16N2O6.C17H18N2O5.C16H14N2O6.CH4/c1-10-7-8-12(16(23)19-10)21-17(24)11-5-4-6-13(15(11)18(21)25)26-9-14(22)20(2)3;1-3-24-9-10-25-14-6-4-5-12-15(14)18(23)20(17(12)22)13-8-7-11(2)19-16(13)21;1-9-6-7-11(15(21)18-9)19-16(22)10-4-3-5-12(14(10)17(19)23)25-8-13(20)24-2;1-10-6-7-12(15(20)18-10)19-16(21)11-4-3-5-13(14(11)17(19)22)24-9-8-23-2;1-8-5-6-10(14(21)17-8)18-15(22)9-3-2-4-11(13(9)16(18)23)24-7-12(19)20;/h4-6,12H,1,7-9H2,2-3H3,(H,19,23);4-6,13H,2-3,7-10H2,1H3,(H,19,21);3-5,11H,1,6-8H2,2H3,(H,18,21);3-5,12H,1,6-9H2,2H3,(H,18,20);2-4,10H,1,5-7H2,(H,17,21)(H,19,20);1H4. The molecule has 5 aromatic rings. The van der Waals surface area contributed by atoms with Gasteiger partial charge in [-0.25, -0.2) is 9.59 Å². The van der Waals surface area contributed by atoms with Gasteiger partial charge >= 0.3 is 11.9 Å². The van der Waals surface area contributed by atoms with E-state index in [0.29, 0.717) is 124 Å². The summed E-state index contributed by atoms with van der Waals surface area (Å²) in [6, 6.07) is 18.9. The van der Waals surface area contributed by atoms with Crippen LogP contribution < -0.4 is 50.3 Å². The van der Waals surface area contributed by atoms with E-state index in [4.69, 9.17) is 38.3 Å². The van der Waals surface area contributed by atoms with Crippen molar-refractivity contribution < 1.29 is 129 Å². The summed E-state index contributed by atoms with van der Waals surface area (Å²) in [4.78, 5) is 228. The first kappa shape index (κ1) is 92.5. The monoisotopic (exact) mass is 1720 g/mol. The number of piperidine rings is 5. The van der Waals surface area contributed by atoms with Crippen molar-refractivity contribution in [3.8, 4) is 28.7 Å². The van der Waals surface area contributed by atoms with Crippen molar-refractivity contribution in [2.24, 2.45) is 0 Å². The minimum atomic E-state index is -1.20. The molecule has 10 heterocycles. The smallest absolute Gasteiger partial charge is 0.343 e. The first-order chi connectivity index (χ1) is 59.2. The van der Waals surface area contributed by atoms with Crippen LogP contribution in [0.25, 0.3) is 0 Å². The van der Waals surface area contributed by atoms with Crippen LogP contribution >= 0.6 is 0 Å². The van der Waals surface area contributed by atoms with Gasteiger partial charge in [0.1, 0.15) is 72.2 Å². The number of carbonyl (C=O) groups is 18. The van der Waals surface area contributed by atoms with Crippen LogP contribution in [0.3, 0.4) is 0 Å². The van der Waals surface area contributed by atoms with E-state index in [1.54, 1.807) is 69.7 Å². The number of likely N-dealkylation sites (N-methyl/N-ethyl adjacent to an activating group) is 1. The maximum atomic E-state index is 12.9. The summed E-state index contributed by atoms with van der Waals surface area (Å²) in [5, 5.41) is 21.6. The molecule has 0 aromatic heterocycles. The molecule has 656 valence electrons. The molecule has 10 aliphatic rings. The van der Waals surface area contributed by atoms with Crippen molar-refractivity contribution in [2.45, 2.75) is 109 Å². The number of carbonyl (C=O) groups excluding carboxylic acids is 17. The molecular weight excluding hydrogens is 1630 g/mol. The third-order valence-corrected chi connectivity index (χ3v) is 20.7. The molecule has 0 bridgehead atoms. The topological polar surface area (TPSA) is 481 Å². The molecule has 125 heavy (non-hydrogen) atoms. The number of esters is 1. The molecule has 15 rings (SSSR count). The number of methoxy groups -OCH3 is 2. The highest BCUT2D eigenvalue weighted by molar-refractivity contribution is 6.28. The summed E-state index contributed by atoms with van der Waals surface area (Å²) in [5.74, 6) is -8.79. The van der Waals surface area contributed by atoms with Gasteiger partial charge in [0.25, 0.3) is 65.0 Å². The third kappa shape index (κ3) is 19.7. The summed E-state index contributed by atoms with van der Waals surface area (Å²) in [6.45, 7) is 20.9. The maximum absolute atomic E-state index is 12.9. The summed E-state index contributed by atoms with van der Waals surface area (Å²) in [5.41, 5.74) is 4.31. The zero-order chi connectivity index (χ0) is 89.8. The molecule has 5 fully saturated rings. The lowest BCUT2D eigenvalue weighted by molar-refractivity contribution is -0.143. The fourth-order valence-corrected chi connectivity index (χ4v) is 14.6. The molecule has 38 heteroatoms. The number of imide groups is 5. The van der Waals surface area contributed by atoms with Gasteiger partial charge in [0.15, 0.2) is 19.8 Å². The molecule has 0 saturated carbocycles. The second-order valence-corrected chi connectivity index (χ2v) is 29.0. The van der Waals surface area contributed by atoms with Crippen molar-refractivity contribution in [1.29, 1.82) is 0 Å². The van der Waals surface area contributed by atoms with E-state index in [-0.39, 0.29) is 118 Å². The fraction of sp³-hybridized carbons (Fsp3) is 0.333. The maximum Gasteiger partial charge on any atom is 0.343 e. The minimum absolute atomic E-state index is 0. The number of carboxylic acid groups (broad SMARTS) is 1. The van der Waals surface area contributed by atoms with E-state index in [1.807, 2.05) is 6.92 Å². The number of ether oxygens (including phenoxy) is 8. The summed E-state index contributed by atoms with van der Waals surface area (Å²) >= 11 is 0. The minimum Gasteiger partial charge on any atom is -0.490 e. The van der Waals surface area contributed by atoms with E-state index >= 15 is 0 Å². The molecule has 5 unspecified atom stereocenters. The normalized spacial score (nSPS) is 19.6. The lowest BCUT2D eigenvalue weighted by atomic mass is 10.0. The van der Waals surface area contributed by atoms with Gasteiger partial charge in [0.05, 0.1) is 76.0 Å². The Bertz CT molecular complexity index is 5400. The van der Waals surface area contributed by atoms with Gasteiger partial charge < -0.3 is 74.5 Å². The van der Waals surface area contributed by atoms with Crippen molar-refractivity contribution in [3.63, 3.8) is 0 Å². The largest absolute Gasteiger partial charge is 0.490 e. The Hall–Kier alpha value is -14.8. The first-order valence-corrected chi connectivity index (χ1v) is 38.9. The molecule has 5 atom stereocenters. The molecule has 10 aliphatic heterocycles. The number of carboxylic acids is 1. The molecule has 5 saturated heterocycles. The van der Waals surface area contributed by atoms with Crippen LogP contribution in [0.5, 0.6) is 28.7 Å². The molecule has 0 spiro atoms. The molecule has 0 aliphatic carbocycles. The lowest BCUT2D eigenvalue weighted by Crippen LogP contribution is -2.51. The highest BCUT2D eigenvalue weighted by Gasteiger charge is 2.51. The van der Waals surface area contributed by atoms with Crippen LogP contribution in [0.2, 0.25) is 0 Å². The molecular formula is C87H91N11O27. The SMILES string of the molecule is C.C=C1CCC(N2C(=O)c3cccc(OCC(=O)N(C)C)c3C2=O)C(=O)N1.C=C1CCC(N2C(=O)c3cccc(OCC(=O)O)c3C2=O)C(=O)N1.C=C1CCC(N2C(=O)c3cccc(OCC(=O)OC)c3C2=O)C(=O)N1.C=C1CCC(N2C(=O)c3cccc(OCCOC)c3C2=O)C(=O)N1.C=C1CCC(N2C(=O)c3cccc(OCCOCC)c3C2=O)C(=O)N1. The number of fused-ring (bicyclic) bond motifs is 5. The highest BCUT2D eigenvalue weighted by atomic mass is 16.6. The zero-order valence-electron chi connectivity index (χ0n) is 68.1. The predicted octanol–water partition coefficient (Wildman–Crippen LogP) is 4.93. The summed E-state index contributed by atoms with van der Waals surface area (Å²) in [7, 11) is 5.94. The Balaban J connectivity index is 0.000000163. The number of allylic oxidation sites excluding steroid dienone is 5. The van der Waals surface area contributed by atoms with Gasteiger partial charge in [0, 0.05) is 56.3 Å². The van der Waals surface area contributed by atoms with Gasteiger partial charge in [-0.1, -0.05) is 70.7 Å². The average molecular weight is 1720 g/mol. The number of benzene rings is 5. The Morgan fingerprint density at radius 3 is 0.848 bits per heavy atom. The summed E-state index contributed by atoms with van der Waals surface area (Å²) < 4.78 is 41.7. The Kier molecular flexibility index (Phi) is 29.8. The molecule has 16 amide bonds. The second-order valence-electron chi connectivity index (χ2n) is 29.0. The molecule has 0 radical (unpaired) electrons. The Labute approximate surface area is 715 Å². The number of nitrogens with one attached hydrogen (secondary N) is 5. The quantitative estimate of drug-likeness (QED) is 0.0287. The van der Waals surface area contributed by atoms with Crippen LogP contribution in [0.1, 0.15) is 182 Å². The van der Waals surface area contributed by atoms with E-state index in [2.05, 4.69) is 64.2 Å². The van der Waals surface area contributed by atoms with Crippen LogP contribution in [0.4, 0.5) is 0 Å². The number of rotatable bonds is 23. The Morgan fingerprint density at radius 1 is 0.368 bits per heavy atom. The summed E-state index contributed by atoms with van der Waals surface area (Å²) in [6.07, 6.45) is 4.17. The van der Waals surface area contributed by atoms with Crippen LogP contribution in [0, 0.1) is 0 Å². The van der Waals surface area contributed by atoms with Crippen molar-refractivity contribution in [3.05, 3.63) is 208 Å². The van der Waals surface area contributed by atoms with E-state index in [1.165, 1.54) is 54.5 Å². The number of amides is 16. The van der Waals surface area contributed by atoms with Gasteiger partial charge in [-0.15, -0.1) is 0 Å². The number of nitrogens with zero attached hydrogens (tertiary/aromatic N) is 6.